The quantitative estimate of drug-likeness (QED) is 0.614. The van der Waals surface area contributed by atoms with Crippen molar-refractivity contribution in [2.75, 3.05) is 0 Å². The minimum atomic E-state index is 0. The van der Waals surface area contributed by atoms with Crippen molar-refractivity contribution in [3.8, 4) is 0 Å². The third kappa shape index (κ3) is 3.22. The van der Waals surface area contributed by atoms with Gasteiger partial charge in [-0.2, -0.15) is 0 Å². The lowest BCUT2D eigenvalue weighted by Crippen LogP contribution is -2.20. The van der Waals surface area contributed by atoms with E-state index in [4.69, 9.17) is 0 Å². The Morgan fingerprint density at radius 1 is 0.909 bits per heavy atom. The molecule has 0 saturated carbocycles. The van der Waals surface area contributed by atoms with Gasteiger partial charge in [0, 0.05) is 5.41 Å². The van der Waals surface area contributed by atoms with Crippen molar-refractivity contribution in [1.82, 2.24) is 0 Å². The molecule has 0 heterocycles. The number of rotatable bonds is 2. The molecule has 0 heteroatoms. The van der Waals surface area contributed by atoms with Crippen molar-refractivity contribution in [1.29, 1.82) is 0 Å². The highest BCUT2D eigenvalue weighted by molar-refractivity contribution is 5.76. The molecule has 0 aromatic heterocycles. The summed E-state index contributed by atoms with van der Waals surface area (Å²) in [7, 11) is 0. The first-order chi connectivity index (χ1) is 10.1. The van der Waals surface area contributed by atoms with Gasteiger partial charge < -0.3 is 0 Å². The molecule has 3 rings (SSSR count). The Balaban J connectivity index is 0.00000176. The van der Waals surface area contributed by atoms with Crippen molar-refractivity contribution in [3.05, 3.63) is 89.0 Å². The molecule has 0 radical (unpaired) electrons. The van der Waals surface area contributed by atoms with Crippen LogP contribution in [0.1, 0.15) is 43.0 Å². The molecular weight excluding hydrogens is 264 g/mol. The van der Waals surface area contributed by atoms with Crippen LogP contribution in [-0.4, -0.2) is 0 Å². The van der Waals surface area contributed by atoms with Gasteiger partial charge in [0.1, 0.15) is 0 Å². The predicted molar refractivity (Wildman–Crippen MR) is 98.2 cm³/mol. The number of allylic oxidation sites excluding steroid dienone is 4. The maximum absolute atomic E-state index is 2.37. The van der Waals surface area contributed by atoms with E-state index in [1.807, 2.05) is 0 Å². The molecule has 0 nitrogen and oxygen atoms in total. The maximum Gasteiger partial charge on any atom is 0.0142 e. The summed E-state index contributed by atoms with van der Waals surface area (Å²) in [6.07, 6.45) is 8.06. The van der Waals surface area contributed by atoms with Crippen molar-refractivity contribution < 1.29 is 0 Å². The second kappa shape index (κ2) is 6.36. The van der Waals surface area contributed by atoms with E-state index in [0.717, 1.165) is 6.42 Å². The topological polar surface area (TPSA) is 0 Å². The summed E-state index contributed by atoms with van der Waals surface area (Å²) in [5.74, 6) is 0. The van der Waals surface area contributed by atoms with Gasteiger partial charge in [-0.15, -0.1) is 0 Å². The first-order valence-electron chi connectivity index (χ1n) is 7.60. The van der Waals surface area contributed by atoms with Crippen LogP contribution in [0.4, 0.5) is 0 Å². The third-order valence-electron chi connectivity index (χ3n) is 4.41. The van der Waals surface area contributed by atoms with E-state index in [9.17, 15) is 0 Å². The second-order valence-electron chi connectivity index (χ2n) is 6.35. The minimum absolute atomic E-state index is 0. The molecule has 0 amide bonds. The Bertz CT molecular complexity index is 718. The molecule has 1 aliphatic rings. The molecule has 1 unspecified atom stereocenters. The van der Waals surface area contributed by atoms with Crippen LogP contribution in [0.15, 0.2) is 66.8 Å². The van der Waals surface area contributed by atoms with Gasteiger partial charge in [-0.1, -0.05) is 92.2 Å². The zero-order chi connectivity index (χ0) is 14.9. The minimum Gasteiger partial charge on any atom is -0.0776 e. The molecule has 0 fully saturated rings. The average molecular weight is 290 g/mol. The molecule has 1 aliphatic carbocycles. The summed E-state index contributed by atoms with van der Waals surface area (Å²) < 4.78 is 0. The first-order valence-corrected chi connectivity index (χ1v) is 7.60. The second-order valence-corrected chi connectivity index (χ2v) is 6.35. The SMILES string of the molecule is C.Cc1cccc(C2=CCC(C)(c3cccc(C)c3)C=C2)c1. The lowest BCUT2D eigenvalue weighted by atomic mass is 9.75. The van der Waals surface area contributed by atoms with Gasteiger partial charge in [0.2, 0.25) is 0 Å². The van der Waals surface area contributed by atoms with Gasteiger partial charge in [0.25, 0.3) is 0 Å². The summed E-state index contributed by atoms with van der Waals surface area (Å²) in [5.41, 5.74) is 6.81. The Hall–Kier alpha value is -2.08. The Kier molecular flexibility index (Phi) is 4.71. The molecule has 2 aromatic rings. The van der Waals surface area contributed by atoms with E-state index in [0.29, 0.717) is 0 Å². The highest BCUT2D eigenvalue weighted by atomic mass is 14.3. The highest BCUT2D eigenvalue weighted by Crippen LogP contribution is 2.36. The molecule has 0 bridgehead atoms. The summed E-state index contributed by atoms with van der Waals surface area (Å²) in [6.45, 7) is 6.63. The van der Waals surface area contributed by atoms with Gasteiger partial charge in [-0.25, -0.2) is 0 Å². The van der Waals surface area contributed by atoms with Gasteiger partial charge in [-0.05, 0) is 37.0 Å². The first kappa shape index (κ1) is 16.3. The number of hydrogen-bond donors (Lipinski definition) is 0. The fourth-order valence-electron chi connectivity index (χ4n) is 2.98. The number of hydrogen-bond acceptors (Lipinski definition) is 0. The van der Waals surface area contributed by atoms with Crippen LogP contribution in [0.2, 0.25) is 0 Å². The fourth-order valence-corrected chi connectivity index (χ4v) is 2.98. The average Bonchev–Trinajstić information content (AvgIpc) is 2.48. The van der Waals surface area contributed by atoms with Crippen molar-refractivity contribution in [3.63, 3.8) is 0 Å². The normalized spacial score (nSPS) is 20.2. The molecule has 0 spiro atoms. The monoisotopic (exact) mass is 290 g/mol. The standard InChI is InChI=1S/C21H22.CH4/c1-16-6-4-8-19(14-16)18-10-12-21(3,13-11-18)20-9-5-7-17(2)15-20;/h4-12,14-15H,13H2,1-3H3;1H4. The zero-order valence-corrected chi connectivity index (χ0v) is 13.1. The smallest absolute Gasteiger partial charge is 0.0142 e. The van der Waals surface area contributed by atoms with E-state index in [-0.39, 0.29) is 12.8 Å². The highest BCUT2D eigenvalue weighted by Gasteiger charge is 2.25. The van der Waals surface area contributed by atoms with Crippen LogP contribution in [0, 0.1) is 13.8 Å². The van der Waals surface area contributed by atoms with Gasteiger partial charge in [0.15, 0.2) is 0 Å². The lowest BCUT2D eigenvalue weighted by molar-refractivity contribution is 0.601. The molecular formula is C22H26. The molecule has 0 N–H and O–H groups in total. The van der Waals surface area contributed by atoms with Crippen LogP contribution >= 0.6 is 0 Å². The van der Waals surface area contributed by atoms with E-state index < -0.39 is 0 Å². The summed E-state index contributed by atoms with van der Waals surface area (Å²) >= 11 is 0. The maximum atomic E-state index is 2.37. The summed E-state index contributed by atoms with van der Waals surface area (Å²) in [6, 6.07) is 17.6. The summed E-state index contributed by atoms with van der Waals surface area (Å²) in [4.78, 5) is 0. The van der Waals surface area contributed by atoms with E-state index in [1.54, 1.807) is 0 Å². The molecule has 2 aromatic carbocycles. The Morgan fingerprint density at radius 3 is 2.18 bits per heavy atom. The van der Waals surface area contributed by atoms with Crippen molar-refractivity contribution in [2.45, 2.75) is 40.0 Å². The van der Waals surface area contributed by atoms with Crippen molar-refractivity contribution in [2.24, 2.45) is 0 Å². The predicted octanol–water partition coefficient (Wildman–Crippen LogP) is 6.24. The summed E-state index contributed by atoms with van der Waals surface area (Å²) in [5, 5.41) is 0. The van der Waals surface area contributed by atoms with E-state index in [2.05, 4.69) is 87.5 Å². The Morgan fingerprint density at radius 2 is 1.59 bits per heavy atom. The molecule has 1 atom stereocenters. The zero-order valence-electron chi connectivity index (χ0n) is 13.1. The van der Waals surface area contributed by atoms with E-state index in [1.165, 1.54) is 27.8 Å². The van der Waals surface area contributed by atoms with Crippen LogP contribution in [0.3, 0.4) is 0 Å². The third-order valence-corrected chi connectivity index (χ3v) is 4.41. The fraction of sp³-hybridized carbons (Fsp3) is 0.273. The van der Waals surface area contributed by atoms with E-state index >= 15 is 0 Å². The van der Waals surface area contributed by atoms with Crippen LogP contribution in [-0.2, 0) is 5.41 Å². The molecule has 114 valence electrons. The molecule has 0 saturated heterocycles. The number of aryl methyl sites for hydroxylation is 2. The van der Waals surface area contributed by atoms with Crippen LogP contribution < -0.4 is 0 Å². The van der Waals surface area contributed by atoms with Crippen molar-refractivity contribution >= 4 is 5.57 Å². The number of benzene rings is 2. The lowest BCUT2D eigenvalue weighted by Gasteiger charge is -2.29. The van der Waals surface area contributed by atoms with Crippen LogP contribution in [0.5, 0.6) is 0 Å². The van der Waals surface area contributed by atoms with Gasteiger partial charge in [-0.3, -0.25) is 0 Å². The van der Waals surface area contributed by atoms with Gasteiger partial charge >= 0.3 is 0 Å². The molecule has 0 aliphatic heterocycles. The molecule has 22 heavy (non-hydrogen) atoms. The van der Waals surface area contributed by atoms with Gasteiger partial charge in [0.05, 0.1) is 0 Å². The van der Waals surface area contributed by atoms with Crippen LogP contribution in [0.25, 0.3) is 5.57 Å². The Labute approximate surface area is 135 Å². The largest absolute Gasteiger partial charge is 0.0776 e.